The minimum Gasteiger partial charge on any atom is -0.494 e. The lowest BCUT2D eigenvalue weighted by Gasteiger charge is -2.40. The van der Waals surface area contributed by atoms with Gasteiger partial charge in [0.25, 0.3) is 0 Å². The van der Waals surface area contributed by atoms with Gasteiger partial charge < -0.3 is 19.4 Å². The van der Waals surface area contributed by atoms with Crippen LogP contribution in [-0.4, -0.2) is 71.2 Å². The van der Waals surface area contributed by atoms with E-state index >= 15 is 0 Å². The maximum Gasteiger partial charge on any atom is 0.247 e. The van der Waals surface area contributed by atoms with Crippen molar-refractivity contribution in [3.05, 3.63) is 65.7 Å². The summed E-state index contributed by atoms with van der Waals surface area (Å²) in [5.74, 6) is 0.607. The number of amides is 3. The number of carbonyl (C=O) groups is 3. The van der Waals surface area contributed by atoms with Crippen LogP contribution in [-0.2, 0) is 27.3 Å². The predicted octanol–water partition coefficient (Wildman–Crippen LogP) is 2.10. The zero-order valence-corrected chi connectivity index (χ0v) is 18.4. The molecule has 1 unspecified atom stereocenters. The molecule has 1 atom stereocenters. The number of nitrogens with zero attached hydrogens (tertiary/aromatic N) is 3. The molecule has 2 aliphatic heterocycles. The highest BCUT2D eigenvalue weighted by Crippen LogP contribution is 2.21. The molecule has 0 saturated carbocycles. The van der Waals surface area contributed by atoms with Crippen LogP contribution in [0, 0.1) is 0 Å². The van der Waals surface area contributed by atoms with E-state index in [9.17, 15) is 14.4 Å². The maximum absolute atomic E-state index is 13.3. The van der Waals surface area contributed by atoms with Crippen LogP contribution in [0.25, 0.3) is 0 Å². The van der Waals surface area contributed by atoms with Crippen molar-refractivity contribution >= 4 is 17.7 Å². The molecule has 2 saturated heterocycles. The molecule has 168 valence electrons. The van der Waals surface area contributed by atoms with Crippen molar-refractivity contribution in [3.63, 3.8) is 0 Å². The predicted molar refractivity (Wildman–Crippen MR) is 120 cm³/mol. The molecule has 32 heavy (non-hydrogen) atoms. The summed E-state index contributed by atoms with van der Waals surface area (Å²) in [7, 11) is 0. The summed E-state index contributed by atoms with van der Waals surface area (Å²) < 4.78 is 5.46. The second-order valence-corrected chi connectivity index (χ2v) is 8.23. The van der Waals surface area contributed by atoms with Crippen molar-refractivity contribution < 1.29 is 19.1 Å². The lowest BCUT2D eigenvalue weighted by Crippen LogP contribution is -2.61. The molecule has 0 bridgehead atoms. The molecule has 7 nitrogen and oxygen atoms in total. The Morgan fingerprint density at radius 3 is 2.47 bits per heavy atom. The van der Waals surface area contributed by atoms with Gasteiger partial charge in [0, 0.05) is 19.6 Å². The van der Waals surface area contributed by atoms with Crippen molar-refractivity contribution in [2.45, 2.75) is 32.4 Å². The van der Waals surface area contributed by atoms with E-state index in [0.29, 0.717) is 32.7 Å². The van der Waals surface area contributed by atoms with Gasteiger partial charge in [0.05, 0.1) is 19.6 Å². The molecule has 0 aromatic heterocycles. The number of hydrogen-bond donors (Lipinski definition) is 0. The van der Waals surface area contributed by atoms with Gasteiger partial charge in [0.1, 0.15) is 18.3 Å². The summed E-state index contributed by atoms with van der Waals surface area (Å²) in [4.78, 5) is 44.1. The fraction of sp³-hybridized carbons (Fsp3) is 0.400. The molecule has 4 rings (SSSR count). The largest absolute Gasteiger partial charge is 0.494 e. The van der Waals surface area contributed by atoms with E-state index in [1.165, 1.54) is 0 Å². The Kier molecular flexibility index (Phi) is 6.73. The molecule has 2 aromatic rings. The molecular weight excluding hydrogens is 406 g/mol. The fourth-order valence-corrected chi connectivity index (χ4v) is 4.36. The van der Waals surface area contributed by atoms with Gasteiger partial charge in [0.15, 0.2) is 0 Å². The van der Waals surface area contributed by atoms with Crippen LogP contribution in [0.15, 0.2) is 54.6 Å². The number of ether oxygens (including phenoxy) is 1. The Morgan fingerprint density at radius 2 is 1.75 bits per heavy atom. The number of fused-ring (bicyclic) bond motifs is 1. The van der Waals surface area contributed by atoms with E-state index < -0.39 is 6.04 Å². The van der Waals surface area contributed by atoms with Crippen LogP contribution in [0.3, 0.4) is 0 Å². The highest BCUT2D eigenvalue weighted by Gasteiger charge is 2.41. The molecule has 3 amide bonds. The first kappa shape index (κ1) is 21.9. The smallest absolute Gasteiger partial charge is 0.247 e. The van der Waals surface area contributed by atoms with Crippen LogP contribution >= 0.6 is 0 Å². The number of piperazine rings is 1. The topological polar surface area (TPSA) is 70.2 Å². The van der Waals surface area contributed by atoms with E-state index in [-0.39, 0.29) is 37.2 Å². The average Bonchev–Trinajstić information content (AvgIpc) is 3.03. The highest BCUT2D eigenvalue weighted by molar-refractivity contribution is 5.95. The Bertz CT molecular complexity index is 961. The normalized spacial score (nSPS) is 18.9. The zero-order chi connectivity index (χ0) is 22.5. The van der Waals surface area contributed by atoms with E-state index in [2.05, 4.69) is 0 Å². The summed E-state index contributed by atoms with van der Waals surface area (Å²) in [5.41, 5.74) is 1.88. The second-order valence-electron chi connectivity index (χ2n) is 8.23. The van der Waals surface area contributed by atoms with Crippen molar-refractivity contribution in [1.29, 1.82) is 0 Å². The van der Waals surface area contributed by atoms with Crippen LogP contribution < -0.4 is 4.74 Å². The number of benzene rings is 2. The maximum atomic E-state index is 13.3. The van der Waals surface area contributed by atoms with Gasteiger partial charge in [-0.25, -0.2) is 0 Å². The summed E-state index contributed by atoms with van der Waals surface area (Å²) in [5, 5.41) is 0. The minimum absolute atomic E-state index is 0.0311. The van der Waals surface area contributed by atoms with Gasteiger partial charge in [0.2, 0.25) is 17.7 Å². The third-order valence-electron chi connectivity index (χ3n) is 6.00. The average molecular weight is 436 g/mol. The van der Waals surface area contributed by atoms with E-state index in [0.717, 1.165) is 16.9 Å². The van der Waals surface area contributed by atoms with Gasteiger partial charge in [-0.15, -0.1) is 0 Å². The Labute approximate surface area is 188 Å². The number of hydrogen-bond acceptors (Lipinski definition) is 4. The van der Waals surface area contributed by atoms with Crippen molar-refractivity contribution in [3.8, 4) is 5.75 Å². The summed E-state index contributed by atoms with van der Waals surface area (Å²) >= 11 is 0. The molecule has 2 fully saturated rings. The summed E-state index contributed by atoms with van der Waals surface area (Å²) in [6, 6.07) is 16.6. The van der Waals surface area contributed by atoms with Gasteiger partial charge in [-0.1, -0.05) is 42.5 Å². The first-order valence-electron chi connectivity index (χ1n) is 11.2. The van der Waals surface area contributed by atoms with Crippen molar-refractivity contribution in [2.24, 2.45) is 0 Å². The Balaban J connectivity index is 1.44. The lowest BCUT2D eigenvalue weighted by atomic mass is 10.1. The highest BCUT2D eigenvalue weighted by atomic mass is 16.5. The zero-order valence-electron chi connectivity index (χ0n) is 18.4. The monoisotopic (exact) mass is 435 g/mol. The van der Waals surface area contributed by atoms with Gasteiger partial charge in [-0.2, -0.15) is 0 Å². The first-order valence-corrected chi connectivity index (χ1v) is 11.2. The molecule has 0 radical (unpaired) electrons. The van der Waals surface area contributed by atoms with Crippen LogP contribution in [0.5, 0.6) is 5.75 Å². The minimum atomic E-state index is -0.619. The van der Waals surface area contributed by atoms with Crippen molar-refractivity contribution in [2.75, 3.05) is 32.8 Å². The quantitative estimate of drug-likeness (QED) is 0.697. The molecule has 0 N–H and O–H groups in total. The van der Waals surface area contributed by atoms with Crippen LogP contribution in [0.1, 0.15) is 24.5 Å². The van der Waals surface area contributed by atoms with Crippen LogP contribution in [0.4, 0.5) is 0 Å². The van der Waals surface area contributed by atoms with E-state index in [1.807, 2.05) is 61.5 Å². The standard InChI is InChI=1S/C25H29N3O4/c1-2-32-21-11-9-19(10-12-21)15-23(29)26-13-6-14-28-22(17-26)25(31)27(18-24(28)30)16-20-7-4-3-5-8-20/h3-5,7-12,22H,2,6,13-18H2,1H3. The van der Waals surface area contributed by atoms with E-state index in [1.54, 1.807) is 14.7 Å². The molecule has 2 aliphatic rings. The Morgan fingerprint density at radius 1 is 1.00 bits per heavy atom. The molecule has 2 heterocycles. The van der Waals surface area contributed by atoms with Gasteiger partial charge >= 0.3 is 0 Å². The SMILES string of the molecule is CCOc1ccc(CC(=O)N2CCCN3C(=O)CN(Cc4ccccc4)C(=O)C3C2)cc1. The fourth-order valence-electron chi connectivity index (χ4n) is 4.36. The molecule has 0 spiro atoms. The van der Waals surface area contributed by atoms with Gasteiger partial charge in [-0.3, -0.25) is 14.4 Å². The molecule has 2 aromatic carbocycles. The van der Waals surface area contributed by atoms with Gasteiger partial charge in [-0.05, 0) is 36.6 Å². The van der Waals surface area contributed by atoms with E-state index in [4.69, 9.17) is 4.74 Å². The Hall–Kier alpha value is -3.35. The summed E-state index contributed by atoms with van der Waals surface area (Å²) in [6.07, 6.45) is 0.929. The number of carbonyl (C=O) groups excluding carboxylic acids is 3. The molecule has 0 aliphatic carbocycles. The summed E-state index contributed by atoms with van der Waals surface area (Å²) in [6.45, 7) is 4.30. The third kappa shape index (κ3) is 4.93. The van der Waals surface area contributed by atoms with Crippen molar-refractivity contribution in [1.82, 2.24) is 14.7 Å². The lowest BCUT2D eigenvalue weighted by molar-refractivity contribution is -0.157. The number of rotatable bonds is 6. The van der Waals surface area contributed by atoms with Crippen LogP contribution in [0.2, 0.25) is 0 Å². The second kappa shape index (κ2) is 9.85. The molecular formula is C25H29N3O4. The first-order chi connectivity index (χ1) is 15.5. The third-order valence-corrected chi connectivity index (χ3v) is 6.00. The molecule has 7 heteroatoms.